The number of rotatable bonds is 0. The topological polar surface area (TPSA) is 17.1 Å². The van der Waals surface area contributed by atoms with Crippen LogP contribution in [0, 0.1) is 23.2 Å². The van der Waals surface area contributed by atoms with Crippen LogP contribution in [0.25, 0.3) is 0 Å². The van der Waals surface area contributed by atoms with Crippen molar-refractivity contribution in [2.75, 3.05) is 0 Å². The minimum atomic E-state index is -0.0256. The molecule has 4 unspecified atom stereocenters. The third-order valence-corrected chi connectivity index (χ3v) is 6.78. The van der Waals surface area contributed by atoms with E-state index in [0.717, 1.165) is 25.2 Å². The van der Waals surface area contributed by atoms with Gasteiger partial charge in [-0.25, -0.2) is 0 Å². The van der Waals surface area contributed by atoms with E-state index in [2.05, 4.69) is 19.1 Å². The SMILES string of the molecule is CC12CC=C3C=C4CCCCC4CCC3C1CCC2=O. The first-order valence-electron chi connectivity index (χ1n) is 8.62. The fourth-order valence-electron chi connectivity index (χ4n) is 5.48. The summed E-state index contributed by atoms with van der Waals surface area (Å²) in [6, 6.07) is 0. The molecule has 0 radical (unpaired) electrons. The van der Waals surface area contributed by atoms with Crippen LogP contribution < -0.4 is 0 Å². The summed E-state index contributed by atoms with van der Waals surface area (Å²) in [5, 5.41) is 0. The minimum Gasteiger partial charge on any atom is -0.299 e. The highest BCUT2D eigenvalue weighted by molar-refractivity contribution is 5.87. The Bertz CT molecular complexity index is 498. The molecule has 1 heteroatoms. The molecule has 0 aromatic rings. The van der Waals surface area contributed by atoms with Crippen molar-refractivity contribution in [3.05, 3.63) is 23.3 Å². The number of fused-ring (bicyclic) bond motifs is 4. The van der Waals surface area contributed by atoms with Crippen LogP contribution in [0.2, 0.25) is 0 Å². The molecule has 0 amide bonds. The summed E-state index contributed by atoms with van der Waals surface area (Å²) in [4.78, 5) is 12.3. The number of carbonyl (C=O) groups is 1. The standard InChI is InChI=1S/C19H26O/c1-19-11-10-15-12-14-5-3-2-4-13(14)6-7-16(15)17(19)8-9-18(19)20/h10,12-13,16-17H,2-9,11H2,1H3. The minimum absolute atomic E-state index is 0.0256. The molecule has 4 aliphatic carbocycles. The molecule has 0 aliphatic heterocycles. The van der Waals surface area contributed by atoms with Gasteiger partial charge in [-0.1, -0.05) is 31.1 Å². The van der Waals surface area contributed by atoms with E-state index in [4.69, 9.17) is 0 Å². The first kappa shape index (κ1) is 12.9. The molecule has 1 nitrogen and oxygen atoms in total. The van der Waals surface area contributed by atoms with Crippen molar-refractivity contribution in [2.24, 2.45) is 23.2 Å². The van der Waals surface area contributed by atoms with E-state index in [1.807, 2.05) is 0 Å². The van der Waals surface area contributed by atoms with Crippen LogP contribution in [0.4, 0.5) is 0 Å². The Morgan fingerprint density at radius 2 is 2.00 bits per heavy atom. The number of Topliss-reactive ketones (excluding diaryl/α,β-unsaturated/α-hetero) is 1. The molecule has 4 aliphatic rings. The number of carbonyl (C=O) groups excluding carboxylic acids is 1. The summed E-state index contributed by atoms with van der Waals surface area (Å²) in [6.07, 6.45) is 16.2. The third-order valence-electron chi connectivity index (χ3n) is 6.78. The van der Waals surface area contributed by atoms with Crippen LogP contribution in [0.15, 0.2) is 23.3 Å². The smallest absolute Gasteiger partial charge is 0.139 e. The summed E-state index contributed by atoms with van der Waals surface area (Å²) >= 11 is 0. The summed E-state index contributed by atoms with van der Waals surface area (Å²) in [7, 11) is 0. The van der Waals surface area contributed by atoms with Crippen molar-refractivity contribution in [3.8, 4) is 0 Å². The van der Waals surface area contributed by atoms with E-state index in [9.17, 15) is 4.79 Å². The zero-order chi connectivity index (χ0) is 13.7. The summed E-state index contributed by atoms with van der Waals surface area (Å²) in [6.45, 7) is 2.24. The largest absolute Gasteiger partial charge is 0.299 e. The van der Waals surface area contributed by atoms with Crippen LogP contribution >= 0.6 is 0 Å². The summed E-state index contributed by atoms with van der Waals surface area (Å²) < 4.78 is 0. The molecule has 0 saturated heterocycles. The van der Waals surface area contributed by atoms with Gasteiger partial charge in [0.2, 0.25) is 0 Å². The van der Waals surface area contributed by atoms with Gasteiger partial charge in [-0.15, -0.1) is 0 Å². The quantitative estimate of drug-likeness (QED) is 0.616. The summed E-state index contributed by atoms with van der Waals surface area (Å²) in [5.41, 5.74) is 3.31. The van der Waals surface area contributed by atoms with Gasteiger partial charge in [-0.3, -0.25) is 4.79 Å². The lowest BCUT2D eigenvalue weighted by molar-refractivity contribution is -0.127. The van der Waals surface area contributed by atoms with Gasteiger partial charge in [-0.2, -0.15) is 0 Å². The first-order chi connectivity index (χ1) is 9.68. The molecular formula is C19H26O. The van der Waals surface area contributed by atoms with Crippen molar-refractivity contribution in [2.45, 2.75) is 64.7 Å². The van der Waals surface area contributed by atoms with E-state index in [1.54, 1.807) is 11.1 Å². The predicted molar refractivity (Wildman–Crippen MR) is 81.3 cm³/mol. The van der Waals surface area contributed by atoms with Crippen LogP contribution in [0.3, 0.4) is 0 Å². The Kier molecular flexibility index (Phi) is 2.94. The van der Waals surface area contributed by atoms with Crippen molar-refractivity contribution in [1.29, 1.82) is 0 Å². The zero-order valence-corrected chi connectivity index (χ0v) is 12.7. The molecule has 0 bridgehead atoms. The maximum atomic E-state index is 12.3. The average molecular weight is 270 g/mol. The maximum Gasteiger partial charge on any atom is 0.139 e. The Balaban J connectivity index is 1.69. The van der Waals surface area contributed by atoms with Gasteiger partial charge in [0.1, 0.15) is 5.78 Å². The van der Waals surface area contributed by atoms with E-state index >= 15 is 0 Å². The fourth-order valence-corrected chi connectivity index (χ4v) is 5.48. The molecule has 0 heterocycles. The maximum absolute atomic E-state index is 12.3. The van der Waals surface area contributed by atoms with Gasteiger partial charge < -0.3 is 0 Å². The molecule has 4 rings (SSSR count). The lowest BCUT2D eigenvalue weighted by atomic mass is 9.63. The van der Waals surface area contributed by atoms with Gasteiger partial charge in [0.05, 0.1) is 0 Å². The molecule has 108 valence electrons. The molecule has 2 saturated carbocycles. The number of ketones is 1. The van der Waals surface area contributed by atoms with E-state index in [1.165, 1.54) is 38.5 Å². The number of hydrogen-bond donors (Lipinski definition) is 0. The molecule has 0 N–H and O–H groups in total. The highest BCUT2D eigenvalue weighted by Crippen LogP contribution is 2.55. The van der Waals surface area contributed by atoms with Gasteiger partial charge in [-0.05, 0) is 68.3 Å². The second-order valence-electron chi connectivity index (χ2n) is 7.74. The first-order valence-corrected chi connectivity index (χ1v) is 8.62. The average Bonchev–Trinajstić information content (AvgIpc) is 2.66. The van der Waals surface area contributed by atoms with Crippen LogP contribution in [0.1, 0.15) is 64.7 Å². The predicted octanol–water partition coefficient (Wildman–Crippen LogP) is 4.83. The van der Waals surface area contributed by atoms with Crippen LogP contribution in [-0.4, -0.2) is 5.78 Å². The molecule has 2 fully saturated rings. The number of allylic oxidation sites excluding steroid dienone is 4. The van der Waals surface area contributed by atoms with Gasteiger partial charge in [0, 0.05) is 11.8 Å². The Morgan fingerprint density at radius 3 is 2.90 bits per heavy atom. The van der Waals surface area contributed by atoms with Crippen molar-refractivity contribution >= 4 is 5.78 Å². The van der Waals surface area contributed by atoms with Crippen molar-refractivity contribution in [1.82, 2.24) is 0 Å². The Hall–Kier alpha value is -0.850. The van der Waals surface area contributed by atoms with Gasteiger partial charge >= 0.3 is 0 Å². The van der Waals surface area contributed by atoms with Gasteiger partial charge in [0.25, 0.3) is 0 Å². The normalized spacial score (nSPS) is 43.9. The lowest BCUT2D eigenvalue weighted by Crippen LogP contribution is -2.36. The van der Waals surface area contributed by atoms with Crippen molar-refractivity contribution < 1.29 is 4.79 Å². The highest BCUT2D eigenvalue weighted by atomic mass is 16.1. The Labute approximate surface area is 122 Å². The molecule has 0 spiro atoms. The third kappa shape index (κ3) is 1.78. The van der Waals surface area contributed by atoms with E-state index < -0.39 is 0 Å². The van der Waals surface area contributed by atoms with E-state index in [0.29, 0.717) is 17.6 Å². The molecule has 0 aromatic heterocycles. The zero-order valence-electron chi connectivity index (χ0n) is 12.7. The molecular weight excluding hydrogens is 244 g/mol. The van der Waals surface area contributed by atoms with Gasteiger partial charge in [0.15, 0.2) is 0 Å². The molecule has 20 heavy (non-hydrogen) atoms. The van der Waals surface area contributed by atoms with Crippen LogP contribution in [0.5, 0.6) is 0 Å². The monoisotopic (exact) mass is 270 g/mol. The fraction of sp³-hybridized carbons (Fsp3) is 0.737. The van der Waals surface area contributed by atoms with E-state index in [-0.39, 0.29) is 5.41 Å². The molecule has 4 atom stereocenters. The summed E-state index contributed by atoms with van der Waals surface area (Å²) in [5.74, 6) is 2.70. The highest BCUT2D eigenvalue weighted by Gasteiger charge is 2.51. The molecule has 0 aromatic carbocycles. The second-order valence-corrected chi connectivity index (χ2v) is 7.74. The van der Waals surface area contributed by atoms with Crippen molar-refractivity contribution in [3.63, 3.8) is 0 Å². The van der Waals surface area contributed by atoms with Crippen LogP contribution in [-0.2, 0) is 4.79 Å². The number of hydrogen-bond acceptors (Lipinski definition) is 1. The lowest BCUT2D eigenvalue weighted by Gasteiger charge is -2.39. The second kappa shape index (κ2) is 4.58. The Morgan fingerprint density at radius 1 is 1.10 bits per heavy atom.